The van der Waals surface area contributed by atoms with Gasteiger partial charge in [-0.15, -0.1) is 0 Å². The zero-order valence-corrected chi connectivity index (χ0v) is 13.6. The maximum Gasteiger partial charge on any atom is 0.124 e. The highest BCUT2D eigenvalue weighted by atomic mass is 79.9. The van der Waals surface area contributed by atoms with Crippen LogP contribution in [0.2, 0.25) is 10.0 Å². The summed E-state index contributed by atoms with van der Waals surface area (Å²) in [5.74, 6) is 0.919. The molecule has 0 saturated carbocycles. The van der Waals surface area contributed by atoms with Crippen LogP contribution in [0.5, 0.6) is 5.75 Å². The van der Waals surface area contributed by atoms with E-state index in [9.17, 15) is 0 Å². The molecule has 1 atom stereocenters. The van der Waals surface area contributed by atoms with Gasteiger partial charge in [-0.1, -0.05) is 39.1 Å². The second-order valence-corrected chi connectivity index (χ2v) is 6.40. The summed E-state index contributed by atoms with van der Waals surface area (Å²) in [6, 6.07) is 11.7. The van der Waals surface area contributed by atoms with Crippen molar-refractivity contribution < 1.29 is 4.74 Å². The fraction of sp³-hybridized carbons (Fsp3) is 0.200. The van der Waals surface area contributed by atoms with E-state index < -0.39 is 0 Å². The minimum Gasteiger partial charge on any atom is -0.493 e. The second kappa shape index (κ2) is 5.84. The lowest BCUT2D eigenvalue weighted by atomic mass is 10.0. The molecule has 1 unspecified atom stereocenters. The molecular weight excluding hydrogens is 361 g/mol. The van der Waals surface area contributed by atoms with E-state index >= 15 is 0 Å². The first-order chi connectivity index (χ1) is 9.63. The van der Waals surface area contributed by atoms with Gasteiger partial charge in [0.2, 0.25) is 0 Å². The Labute approximate surface area is 136 Å². The van der Waals surface area contributed by atoms with Gasteiger partial charge in [0.15, 0.2) is 0 Å². The SMILES string of the molecule is Clc1ccc(NC2CCOc3ccc(Br)cc32)c(Cl)c1. The zero-order valence-electron chi connectivity index (χ0n) is 10.5. The van der Waals surface area contributed by atoms with Crippen LogP contribution < -0.4 is 10.1 Å². The Balaban J connectivity index is 1.91. The van der Waals surface area contributed by atoms with Crippen molar-refractivity contribution in [3.05, 3.63) is 56.5 Å². The lowest BCUT2D eigenvalue weighted by molar-refractivity contribution is 0.274. The molecule has 0 aliphatic carbocycles. The molecule has 0 amide bonds. The molecule has 0 radical (unpaired) electrons. The molecule has 0 bridgehead atoms. The number of hydrogen-bond donors (Lipinski definition) is 1. The Kier molecular flexibility index (Phi) is 4.11. The lowest BCUT2D eigenvalue weighted by Crippen LogP contribution is -2.20. The van der Waals surface area contributed by atoms with Crippen LogP contribution in [0.25, 0.3) is 0 Å². The predicted molar refractivity (Wildman–Crippen MR) is 87.1 cm³/mol. The third-order valence-corrected chi connectivity index (χ3v) is 4.31. The highest BCUT2D eigenvalue weighted by molar-refractivity contribution is 9.10. The molecular formula is C15H12BrCl2NO. The van der Waals surface area contributed by atoms with Gasteiger partial charge in [0.05, 0.1) is 23.4 Å². The van der Waals surface area contributed by atoms with Crippen molar-refractivity contribution in [3.8, 4) is 5.75 Å². The van der Waals surface area contributed by atoms with Crippen molar-refractivity contribution in [2.24, 2.45) is 0 Å². The molecule has 0 spiro atoms. The first-order valence-corrected chi connectivity index (χ1v) is 7.82. The van der Waals surface area contributed by atoms with E-state index in [1.807, 2.05) is 24.3 Å². The standard InChI is InChI=1S/C15H12BrCl2NO/c16-9-1-4-15-11(7-9)13(5-6-20-15)19-14-3-2-10(17)8-12(14)18/h1-4,7-8,13,19H,5-6H2. The van der Waals surface area contributed by atoms with E-state index in [4.69, 9.17) is 27.9 Å². The molecule has 20 heavy (non-hydrogen) atoms. The van der Waals surface area contributed by atoms with Crippen molar-refractivity contribution in [3.63, 3.8) is 0 Å². The molecule has 3 rings (SSSR count). The van der Waals surface area contributed by atoms with Crippen LogP contribution in [0.1, 0.15) is 18.0 Å². The molecule has 1 heterocycles. The van der Waals surface area contributed by atoms with Gasteiger partial charge in [0, 0.05) is 21.5 Å². The highest BCUT2D eigenvalue weighted by Crippen LogP contribution is 2.37. The fourth-order valence-corrected chi connectivity index (χ4v) is 3.15. The predicted octanol–water partition coefficient (Wildman–Crippen LogP) is 5.69. The lowest BCUT2D eigenvalue weighted by Gasteiger charge is -2.28. The maximum absolute atomic E-state index is 6.22. The van der Waals surface area contributed by atoms with E-state index in [1.54, 1.807) is 6.07 Å². The first kappa shape index (κ1) is 14.1. The van der Waals surface area contributed by atoms with Crippen LogP contribution >= 0.6 is 39.1 Å². The molecule has 1 aliphatic heterocycles. The van der Waals surface area contributed by atoms with Crippen molar-refractivity contribution >= 4 is 44.8 Å². The van der Waals surface area contributed by atoms with E-state index in [0.717, 1.165) is 27.9 Å². The Morgan fingerprint density at radius 3 is 2.80 bits per heavy atom. The number of benzene rings is 2. The number of halogens is 3. The van der Waals surface area contributed by atoms with Gasteiger partial charge in [-0.05, 0) is 36.4 Å². The molecule has 0 aromatic heterocycles. The summed E-state index contributed by atoms with van der Waals surface area (Å²) in [5.41, 5.74) is 2.02. The van der Waals surface area contributed by atoms with E-state index in [0.29, 0.717) is 16.7 Å². The normalized spacial score (nSPS) is 17.2. The van der Waals surface area contributed by atoms with Gasteiger partial charge in [0.25, 0.3) is 0 Å². The van der Waals surface area contributed by atoms with Gasteiger partial charge < -0.3 is 10.1 Å². The second-order valence-electron chi connectivity index (χ2n) is 4.64. The van der Waals surface area contributed by atoms with Crippen molar-refractivity contribution in [2.75, 3.05) is 11.9 Å². The Bertz CT molecular complexity index is 648. The average molecular weight is 373 g/mol. The van der Waals surface area contributed by atoms with Crippen LogP contribution in [0.3, 0.4) is 0 Å². The minimum absolute atomic E-state index is 0.176. The number of rotatable bonds is 2. The number of anilines is 1. The van der Waals surface area contributed by atoms with Crippen LogP contribution in [0.4, 0.5) is 5.69 Å². The monoisotopic (exact) mass is 371 g/mol. The number of hydrogen-bond acceptors (Lipinski definition) is 2. The molecule has 5 heteroatoms. The summed E-state index contributed by atoms with van der Waals surface area (Å²) < 4.78 is 6.72. The minimum atomic E-state index is 0.176. The summed E-state index contributed by atoms with van der Waals surface area (Å²) in [6.45, 7) is 0.692. The Morgan fingerprint density at radius 2 is 2.00 bits per heavy atom. The highest BCUT2D eigenvalue weighted by Gasteiger charge is 2.22. The first-order valence-electron chi connectivity index (χ1n) is 6.27. The Hall–Kier alpha value is -0.900. The average Bonchev–Trinajstić information content (AvgIpc) is 2.42. The van der Waals surface area contributed by atoms with Gasteiger partial charge in [-0.25, -0.2) is 0 Å². The molecule has 0 fully saturated rings. The third kappa shape index (κ3) is 2.90. The molecule has 2 aromatic rings. The molecule has 2 nitrogen and oxygen atoms in total. The summed E-state index contributed by atoms with van der Waals surface area (Å²) in [6.07, 6.45) is 0.891. The quantitative estimate of drug-likeness (QED) is 0.730. The van der Waals surface area contributed by atoms with E-state index in [2.05, 4.69) is 27.3 Å². The number of nitrogens with one attached hydrogen (secondary N) is 1. The summed E-state index contributed by atoms with van der Waals surface area (Å²) >= 11 is 15.6. The fourth-order valence-electron chi connectivity index (χ4n) is 2.31. The van der Waals surface area contributed by atoms with Gasteiger partial charge >= 0.3 is 0 Å². The summed E-state index contributed by atoms with van der Waals surface area (Å²) in [5, 5.41) is 4.73. The van der Waals surface area contributed by atoms with Crippen LogP contribution in [-0.4, -0.2) is 6.61 Å². The molecule has 1 aliphatic rings. The van der Waals surface area contributed by atoms with Crippen molar-refractivity contribution in [1.82, 2.24) is 0 Å². The van der Waals surface area contributed by atoms with Crippen LogP contribution in [0, 0.1) is 0 Å². The molecule has 1 N–H and O–H groups in total. The smallest absolute Gasteiger partial charge is 0.124 e. The molecule has 104 valence electrons. The van der Waals surface area contributed by atoms with Crippen molar-refractivity contribution in [2.45, 2.75) is 12.5 Å². The topological polar surface area (TPSA) is 21.3 Å². The molecule has 0 saturated heterocycles. The summed E-state index contributed by atoms with van der Waals surface area (Å²) in [4.78, 5) is 0. The van der Waals surface area contributed by atoms with Crippen LogP contribution in [0.15, 0.2) is 40.9 Å². The van der Waals surface area contributed by atoms with E-state index in [1.165, 1.54) is 0 Å². The maximum atomic E-state index is 6.22. The number of ether oxygens (including phenoxy) is 1. The van der Waals surface area contributed by atoms with E-state index in [-0.39, 0.29) is 6.04 Å². The van der Waals surface area contributed by atoms with Gasteiger partial charge in [0.1, 0.15) is 5.75 Å². The summed E-state index contributed by atoms with van der Waals surface area (Å²) in [7, 11) is 0. The third-order valence-electron chi connectivity index (χ3n) is 3.27. The van der Waals surface area contributed by atoms with Crippen LogP contribution in [-0.2, 0) is 0 Å². The number of fused-ring (bicyclic) bond motifs is 1. The van der Waals surface area contributed by atoms with Gasteiger partial charge in [-0.2, -0.15) is 0 Å². The largest absolute Gasteiger partial charge is 0.493 e. The van der Waals surface area contributed by atoms with Gasteiger partial charge in [-0.3, -0.25) is 0 Å². The Morgan fingerprint density at radius 1 is 1.15 bits per heavy atom. The van der Waals surface area contributed by atoms with Crippen molar-refractivity contribution in [1.29, 1.82) is 0 Å². The molecule has 2 aromatic carbocycles. The zero-order chi connectivity index (χ0) is 14.1.